The van der Waals surface area contributed by atoms with Crippen molar-refractivity contribution in [3.05, 3.63) is 6.92 Å². The second-order valence-electron chi connectivity index (χ2n) is 2.66. The Morgan fingerprint density at radius 2 is 1.80 bits per heavy atom. The normalized spacial score (nSPS) is 10.2. The smallest absolute Gasteiger partial charge is 0.00484 e. The summed E-state index contributed by atoms with van der Waals surface area (Å²) in [5.74, 6) is 0. The summed E-state index contributed by atoms with van der Waals surface area (Å²) in [4.78, 5) is 0. The second-order valence-corrected chi connectivity index (χ2v) is 2.66. The van der Waals surface area contributed by atoms with Crippen LogP contribution in [-0.2, 0) is 0 Å². The SMILES string of the molecule is [CH2]CNCCCCCCC. The Bertz CT molecular complexity index is 44.7. The van der Waals surface area contributed by atoms with Gasteiger partial charge in [-0.1, -0.05) is 32.6 Å². The average Bonchev–Trinajstić information content (AvgIpc) is 1.97. The van der Waals surface area contributed by atoms with Crippen LogP contribution < -0.4 is 5.32 Å². The van der Waals surface area contributed by atoms with Gasteiger partial charge in [0.15, 0.2) is 0 Å². The number of hydrogen-bond donors (Lipinski definition) is 1. The van der Waals surface area contributed by atoms with Crippen LogP contribution in [0, 0.1) is 6.92 Å². The molecule has 0 aromatic rings. The molecule has 1 heteroatoms. The van der Waals surface area contributed by atoms with Crippen LogP contribution in [0.4, 0.5) is 0 Å². The third kappa shape index (κ3) is 7.96. The van der Waals surface area contributed by atoms with Gasteiger partial charge in [0.05, 0.1) is 0 Å². The minimum absolute atomic E-state index is 0.869. The van der Waals surface area contributed by atoms with E-state index in [-0.39, 0.29) is 0 Å². The molecular formula is C9H20N. The molecule has 0 rings (SSSR count). The van der Waals surface area contributed by atoms with Gasteiger partial charge in [0, 0.05) is 0 Å². The lowest BCUT2D eigenvalue weighted by Gasteiger charge is -1.99. The Morgan fingerprint density at radius 3 is 2.40 bits per heavy atom. The molecule has 0 atom stereocenters. The van der Waals surface area contributed by atoms with Gasteiger partial charge in [0.2, 0.25) is 0 Å². The summed E-state index contributed by atoms with van der Waals surface area (Å²) in [5.41, 5.74) is 0. The Hall–Kier alpha value is -0.0400. The van der Waals surface area contributed by atoms with Crippen molar-refractivity contribution < 1.29 is 0 Å². The van der Waals surface area contributed by atoms with Crippen LogP contribution in [0.1, 0.15) is 39.0 Å². The lowest BCUT2D eigenvalue weighted by molar-refractivity contribution is 0.600. The van der Waals surface area contributed by atoms with E-state index >= 15 is 0 Å². The van der Waals surface area contributed by atoms with E-state index in [2.05, 4.69) is 19.2 Å². The maximum absolute atomic E-state index is 3.71. The van der Waals surface area contributed by atoms with Gasteiger partial charge in [0.25, 0.3) is 0 Å². The third-order valence-corrected chi connectivity index (χ3v) is 1.63. The molecule has 0 amide bonds. The zero-order chi connectivity index (χ0) is 7.66. The van der Waals surface area contributed by atoms with Crippen LogP contribution in [0.15, 0.2) is 0 Å². The summed E-state index contributed by atoms with van der Waals surface area (Å²) in [6.07, 6.45) is 6.82. The van der Waals surface area contributed by atoms with E-state index < -0.39 is 0 Å². The average molecular weight is 142 g/mol. The Kier molecular flexibility index (Phi) is 8.92. The molecule has 1 radical (unpaired) electrons. The lowest BCUT2D eigenvalue weighted by Crippen LogP contribution is -2.13. The molecule has 0 aliphatic carbocycles. The highest BCUT2D eigenvalue weighted by Gasteiger charge is 1.86. The first-order chi connectivity index (χ1) is 4.91. The standard InChI is InChI=1S/C9H20N/c1-3-5-6-7-8-9-10-4-2/h10H,2-9H2,1H3. The maximum atomic E-state index is 3.71. The topological polar surface area (TPSA) is 12.0 Å². The molecular weight excluding hydrogens is 122 g/mol. The molecule has 10 heavy (non-hydrogen) atoms. The number of nitrogens with one attached hydrogen (secondary N) is 1. The molecule has 0 aliphatic rings. The van der Waals surface area contributed by atoms with E-state index in [4.69, 9.17) is 0 Å². The van der Waals surface area contributed by atoms with E-state index in [9.17, 15) is 0 Å². The van der Waals surface area contributed by atoms with Crippen molar-refractivity contribution in [1.29, 1.82) is 0 Å². The largest absolute Gasteiger partial charge is 0.317 e. The molecule has 1 N–H and O–H groups in total. The minimum atomic E-state index is 0.869. The molecule has 1 nitrogen and oxygen atoms in total. The molecule has 0 aromatic heterocycles. The van der Waals surface area contributed by atoms with E-state index in [0.717, 1.165) is 13.1 Å². The van der Waals surface area contributed by atoms with Crippen molar-refractivity contribution in [2.24, 2.45) is 0 Å². The summed E-state index contributed by atoms with van der Waals surface area (Å²) in [6, 6.07) is 0. The Morgan fingerprint density at radius 1 is 1.10 bits per heavy atom. The van der Waals surface area contributed by atoms with Crippen LogP contribution in [0.2, 0.25) is 0 Å². The van der Waals surface area contributed by atoms with Gasteiger partial charge in [-0.3, -0.25) is 0 Å². The van der Waals surface area contributed by atoms with Crippen molar-refractivity contribution in [2.45, 2.75) is 39.0 Å². The maximum Gasteiger partial charge on any atom is -0.00484 e. The predicted octanol–water partition coefficient (Wildman–Crippen LogP) is 2.38. The molecule has 0 spiro atoms. The fraction of sp³-hybridized carbons (Fsp3) is 0.889. The molecule has 0 fully saturated rings. The summed E-state index contributed by atoms with van der Waals surface area (Å²) >= 11 is 0. The second kappa shape index (κ2) is 8.96. The van der Waals surface area contributed by atoms with Crippen LogP contribution >= 0.6 is 0 Å². The Labute approximate surface area is 65.2 Å². The van der Waals surface area contributed by atoms with Crippen molar-refractivity contribution in [1.82, 2.24) is 5.32 Å². The van der Waals surface area contributed by atoms with Gasteiger partial charge >= 0.3 is 0 Å². The molecule has 61 valence electrons. The first-order valence-electron chi connectivity index (χ1n) is 4.41. The van der Waals surface area contributed by atoms with Crippen LogP contribution in [0.25, 0.3) is 0 Å². The molecule has 0 aromatic carbocycles. The van der Waals surface area contributed by atoms with Crippen LogP contribution in [0.3, 0.4) is 0 Å². The summed E-state index contributed by atoms with van der Waals surface area (Å²) in [7, 11) is 0. The van der Waals surface area contributed by atoms with E-state index in [1.54, 1.807) is 0 Å². The van der Waals surface area contributed by atoms with E-state index in [0.29, 0.717) is 0 Å². The highest BCUT2D eigenvalue weighted by molar-refractivity contribution is 4.49. The number of hydrogen-bond acceptors (Lipinski definition) is 1. The number of rotatable bonds is 7. The van der Waals surface area contributed by atoms with Crippen LogP contribution in [-0.4, -0.2) is 13.1 Å². The third-order valence-electron chi connectivity index (χ3n) is 1.63. The van der Waals surface area contributed by atoms with Gasteiger partial charge in [-0.15, -0.1) is 0 Å². The molecule has 0 saturated carbocycles. The Balaban J connectivity index is 2.65. The lowest BCUT2D eigenvalue weighted by atomic mass is 10.1. The van der Waals surface area contributed by atoms with Crippen molar-refractivity contribution in [3.63, 3.8) is 0 Å². The quantitative estimate of drug-likeness (QED) is 0.538. The van der Waals surface area contributed by atoms with E-state index in [1.807, 2.05) is 0 Å². The minimum Gasteiger partial charge on any atom is -0.317 e. The molecule has 0 unspecified atom stereocenters. The zero-order valence-electron chi connectivity index (χ0n) is 7.16. The van der Waals surface area contributed by atoms with Gasteiger partial charge in [-0.25, -0.2) is 0 Å². The van der Waals surface area contributed by atoms with Crippen LogP contribution in [0.5, 0.6) is 0 Å². The molecule has 0 heterocycles. The van der Waals surface area contributed by atoms with Gasteiger partial charge < -0.3 is 5.32 Å². The predicted molar refractivity (Wildman–Crippen MR) is 47.0 cm³/mol. The summed E-state index contributed by atoms with van der Waals surface area (Å²) < 4.78 is 0. The van der Waals surface area contributed by atoms with Crippen molar-refractivity contribution >= 4 is 0 Å². The van der Waals surface area contributed by atoms with E-state index in [1.165, 1.54) is 32.1 Å². The van der Waals surface area contributed by atoms with Gasteiger partial charge in [0.1, 0.15) is 0 Å². The molecule has 0 aliphatic heterocycles. The monoisotopic (exact) mass is 142 g/mol. The van der Waals surface area contributed by atoms with Gasteiger partial charge in [-0.2, -0.15) is 0 Å². The zero-order valence-corrected chi connectivity index (χ0v) is 7.16. The summed E-state index contributed by atoms with van der Waals surface area (Å²) in [5, 5.41) is 3.21. The fourth-order valence-electron chi connectivity index (χ4n) is 0.979. The molecule has 0 bridgehead atoms. The van der Waals surface area contributed by atoms with Gasteiger partial charge in [-0.05, 0) is 26.4 Å². The number of unbranched alkanes of at least 4 members (excludes halogenated alkanes) is 4. The highest BCUT2D eigenvalue weighted by atomic mass is 14.8. The van der Waals surface area contributed by atoms with Crippen molar-refractivity contribution in [2.75, 3.05) is 13.1 Å². The first kappa shape index (κ1) is 9.96. The van der Waals surface area contributed by atoms with Crippen molar-refractivity contribution in [3.8, 4) is 0 Å². The summed E-state index contributed by atoms with van der Waals surface area (Å²) in [6.45, 7) is 7.97. The fourth-order valence-corrected chi connectivity index (χ4v) is 0.979. The molecule has 0 saturated heterocycles. The first-order valence-corrected chi connectivity index (χ1v) is 4.41. The highest BCUT2D eigenvalue weighted by Crippen LogP contribution is 2.00.